The van der Waals surface area contributed by atoms with Gasteiger partial charge in [-0.25, -0.2) is 8.42 Å². The molecule has 1 unspecified atom stereocenters. The molecular weight excluding hydrogens is 431 g/mol. The molecular formula is C18H12ClN2NaO4S2. The van der Waals surface area contributed by atoms with Gasteiger partial charge in [0.25, 0.3) is 9.05 Å². The Bertz CT molecular complexity index is 1240. The summed E-state index contributed by atoms with van der Waals surface area (Å²) >= 11 is -2.22. The normalized spacial score (nSPS) is 11.9. The summed E-state index contributed by atoms with van der Waals surface area (Å²) in [6.45, 7) is 0. The van der Waals surface area contributed by atoms with Crippen LogP contribution in [-0.2, 0) is 20.1 Å². The Morgan fingerprint density at radius 1 is 0.821 bits per heavy atom. The van der Waals surface area contributed by atoms with E-state index in [-0.39, 0.29) is 39.3 Å². The second-order valence-electron chi connectivity index (χ2n) is 5.34. The third-order valence-corrected chi connectivity index (χ3v) is 5.68. The molecule has 138 valence electrons. The van der Waals surface area contributed by atoms with Crippen molar-refractivity contribution in [1.82, 2.24) is 9.97 Å². The fourth-order valence-electron chi connectivity index (χ4n) is 2.48. The van der Waals surface area contributed by atoms with Gasteiger partial charge in [0.2, 0.25) is 0 Å². The molecule has 2 heterocycles. The number of nitrogens with zero attached hydrogens (tertiary/aromatic N) is 2. The first-order valence-electron chi connectivity index (χ1n) is 7.59. The Morgan fingerprint density at radius 2 is 1.32 bits per heavy atom. The van der Waals surface area contributed by atoms with Gasteiger partial charge in [-0.3, -0.25) is 14.2 Å². The summed E-state index contributed by atoms with van der Waals surface area (Å²) in [5.74, 6) is 0. The van der Waals surface area contributed by atoms with Crippen molar-refractivity contribution in [3.05, 3.63) is 73.1 Å². The van der Waals surface area contributed by atoms with E-state index in [9.17, 15) is 17.2 Å². The average Bonchev–Trinajstić information content (AvgIpc) is 2.67. The molecule has 0 saturated heterocycles. The summed E-state index contributed by atoms with van der Waals surface area (Å²) in [6.07, 6.45) is 3.12. The first-order valence-corrected chi connectivity index (χ1v) is 11.0. The van der Waals surface area contributed by atoms with Crippen LogP contribution in [0.5, 0.6) is 0 Å². The molecule has 10 heteroatoms. The standard InChI is InChI=1S/C9H6ClNO2S.C9H7NO2S.Na/c10-14(12,13)8-5-1-3-7-4-2-6-11-9(7)8;11-13(12)8-5-1-3-7-4-2-6-10-9(7)8;/h1-6H;1-6H,(H,11,12);/q;;+1/p-1. The maximum Gasteiger partial charge on any atom is 1.00 e. The number of fused-ring (bicyclic) bond motifs is 2. The Kier molecular flexibility index (Phi) is 8.08. The second kappa shape index (κ2) is 9.89. The van der Waals surface area contributed by atoms with E-state index in [4.69, 9.17) is 10.7 Å². The minimum absolute atomic E-state index is 0. The predicted octanol–water partition coefficient (Wildman–Crippen LogP) is 0.639. The van der Waals surface area contributed by atoms with Crippen molar-refractivity contribution < 1.29 is 46.7 Å². The van der Waals surface area contributed by atoms with Crippen molar-refractivity contribution in [2.24, 2.45) is 0 Å². The molecule has 0 N–H and O–H groups in total. The monoisotopic (exact) mass is 442 g/mol. The smallest absolute Gasteiger partial charge is 0.768 e. The fourth-order valence-corrected chi connectivity index (χ4v) is 4.02. The number of hydrogen-bond donors (Lipinski definition) is 0. The Morgan fingerprint density at radius 3 is 1.89 bits per heavy atom. The van der Waals surface area contributed by atoms with Crippen molar-refractivity contribution in [2.45, 2.75) is 9.79 Å². The third-order valence-electron chi connectivity index (χ3n) is 3.63. The first kappa shape index (κ1) is 22.9. The number of para-hydroxylation sites is 2. The van der Waals surface area contributed by atoms with Gasteiger partial charge in [0.05, 0.1) is 15.9 Å². The first-order chi connectivity index (χ1) is 12.9. The molecule has 0 saturated carbocycles. The topological polar surface area (TPSA) is 100 Å². The number of rotatable bonds is 2. The van der Waals surface area contributed by atoms with Gasteiger partial charge >= 0.3 is 29.6 Å². The van der Waals surface area contributed by atoms with Crippen LogP contribution in [0.3, 0.4) is 0 Å². The van der Waals surface area contributed by atoms with E-state index in [1.165, 1.54) is 12.3 Å². The maximum absolute atomic E-state index is 11.2. The third kappa shape index (κ3) is 5.36. The molecule has 0 spiro atoms. The number of aromatic nitrogens is 2. The van der Waals surface area contributed by atoms with E-state index in [2.05, 4.69) is 9.97 Å². The van der Waals surface area contributed by atoms with Crippen molar-refractivity contribution in [2.75, 3.05) is 0 Å². The number of halogens is 1. The maximum atomic E-state index is 11.2. The molecule has 0 amide bonds. The van der Waals surface area contributed by atoms with E-state index in [1.807, 2.05) is 12.1 Å². The summed E-state index contributed by atoms with van der Waals surface area (Å²) < 4.78 is 43.9. The molecule has 1 atom stereocenters. The van der Waals surface area contributed by atoms with Crippen LogP contribution in [0.4, 0.5) is 0 Å². The molecule has 2 aromatic carbocycles. The number of pyridine rings is 2. The van der Waals surface area contributed by atoms with E-state index >= 15 is 0 Å². The minimum Gasteiger partial charge on any atom is -0.768 e. The molecule has 0 fully saturated rings. The number of hydrogen-bond acceptors (Lipinski definition) is 6. The fraction of sp³-hybridized carbons (Fsp3) is 0. The summed E-state index contributed by atoms with van der Waals surface area (Å²) in [7, 11) is 1.55. The average molecular weight is 443 g/mol. The molecule has 0 bridgehead atoms. The largest absolute Gasteiger partial charge is 1.00 e. The molecule has 0 aliphatic heterocycles. The van der Waals surface area contributed by atoms with Crippen LogP contribution in [0.2, 0.25) is 0 Å². The molecule has 0 aliphatic rings. The van der Waals surface area contributed by atoms with Gasteiger partial charge in [-0.1, -0.05) is 36.4 Å². The van der Waals surface area contributed by atoms with Crippen molar-refractivity contribution in [3.63, 3.8) is 0 Å². The Balaban J connectivity index is 0.000000194. The zero-order valence-electron chi connectivity index (χ0n) is 14.7. The molecule has 28 heavy (non-hydrogen) atoms. The van der Waals surface area contributed by atoms with Crippen molar-refractivity contribution in [3.8, 4) is 0 Å². The minimum atomic E-state index is -3.72. The van der Waals surface area contributed by atoms with Crippen LogP contribution < -0.4 is 29.6 Å². The van der Waals surface area contributed by atoms with E-state index in [0.717, 1.165) is 10.8 Å². The quantitative estimate of drug-likeness (QED) is 0.256. The van der Waals surface area contributed by atoms with E-state index in [1.54, 1.807) is 48.7 Å². The predicted molar refractivity (Wildman–Crippen MR) is 104 cm³/mol. The van der Waals surface area contributed by atoms with Crippen LogP contribution in [-0.4, -0.2) is 27.1 Å². The van der Waals surface area contributed by atoms with Crippen molar-refractivity contribution in [1.29, 1.82) is 0 Å². The zero-order valence-corrected chi connectivity index (χ0v) is 19.0. The van der Waals surface area contributed by atoms with Crippen LogP contribution in [0.25, 0.3) is 21.8 Å². The van der Waals surface area contributed by atoms with Crippen LogP contribution in [0, 0.1) is 0 Å². The summed E-state index contributed by atoms with van der Waals surface area (Å²) in [4.78, 5) is 8.29. The molecule has 6 nitrogen and oxygen atoms in total. The molecule has 4 rings (SSSR count). The van der Waals surface area contributed by atoms with Crippen molar-refractivity contribution >= 4 is 52.6 Å². The Hall–Kier alpha value is -1.39. The molecule has 2 aromatic heterocycles. The summed E-state index contributed by atoms with van der Waals surface area (Å²) in [6, 6.07) is 17.1. The SMILES string of the molecule is O=S(=O)(Cl)c1cccc2cccnc12.O=S([O-])c1cccc2cccnc12.[Na+]. The van der Waals surface area contributed by atoms with Crippen LogP contribution >= 0.6 is 10.7 Å². The van der Waals surface area contributed by atoms with E-state index in [0.29, 0.717) is 11.0 Å². The summed E-state index contributed by atoms with van der Waals surface area (Å²) in [5, 5.41) is 1.60. The molecule has 4 aromatic rings. The van der Waals surface area contributed by atoms with Gasteiger partial charge in [0.15, 0.2) is 0 Å². The van der Waals surface area contributed by atoms with Gasteiger partial charge in [0, 0.05) is 33.8 Å². The van der Waals surface area contributed by atoms with Crippen LogP contribution in [0.1, 0.15) is 0 Å². The molecule has 0 aliphatic carbocycles. The second-order valence-corrected chi connectivity index (χ2v) is 8.78. The van der Waals surface area contributed by atoms with E-state index < -0.39 is 20.1 Å². The van der Waals surface area contributed by atoms with Gasteiger partial charge in [-0.05, 0) is 35.3 Å². The van der Waals surface area contributed by atoms with Gasteiger partial charge in [-0.2, -0.15) is 0 Å². The van der Waals surface area contributed by atoms with Crippen LogP contribution in [0.15, 0.2) is 82.8 Å². The van der Waals surface area contributed by atoms with Gasteiger partial charge < -0.3 is 4.55 Å². The molecule has 0 radical (unpaired) electrons. The van der Waals surface area contributed by atoms with Gasteiger partial charge in [0.1, 0.15) is 4.90 Å². The summed E-state index contributed by atoms with van der Waals surface area (Å²) in [5.41, 5.74) is 0.934. The van der Waals surface area contributed by atoms with Gasteiger partial charge in [-0.15, -0.1) is 0 Å². The Labute approximate surface area is 191 Å². The zero-order chi connectivity index (χ0) is 19.4. The number of benzene rings is 2.